The molecule has 32 heavy (non-hydrogen) atoms. The number of benzene rings is 3. The van der Waals surface area contributed by atoms with Gasteiger partial charge in [0, 0.05) is 11.1 Å². The summed E-state index contributed by atoms with van der Waals surface area (Å²) >= 11 is 1.71. The van der Waals surface area contributed by atoms with Gasteiger partial charge in [-0.1, -0.05) is 97.9 Å². The lowest BCUT2D eigenvalue weighted by molar-refractivity contribution is -0.147. The van der Waals surface area contributed by atoms with Crippen molar-refractivity contribution in [1.29, 1.82) is 0 Å². The van der Waals surface area contributed by atoms with Crippen LogP contribution in [0.15, 0.2) is 96.0 Å². The van der Waals surface area contributed by atoms with Crippen molar-refractivity contribution in [3.63, 3.8) is 0 Å². The average molecular weight is 444 g/mol. The topological polar surface area (TPSA) is 38.7 Å². The molecule has 4 heteroatoms. The van der Waals surface area contributed by atoms with Gasteiger partial charge in [0.1, 0.15) is 11.4 Å². The van der Waals surface area contributed by atoms with Crippen LogP contribution in [0.4, 0.5) is 0 Å². The maximum atomic E-state index is 13.2. The third-order valence-electron chi connectivity index (χ3n) is 5.86. The van der Waals surface area contributed by atoms with Gasteiger partial charge in [0.05, 0.1) is 11.8 Å². The average Bonchev–Trinajstić information content (AvgIpc) is 3.27. The van der Waals surface area contributed by atoms with Crippen LogP contribution in [0.2, 0.25) is 0 Å². The summed E-state index contributed by atoms with van der Waals surface area (Å²) in [5, 5.41) is 0. The number of rotatable bonds is 8. The molecule has 0 radical (unpaired) electrons. The standard InChI is InChI=1S/C28H29NO2S/c1-2-32-28(27(30)31-21-22-12-6-3-7-13-22)19-18-25(20-28)29-26(23-14-8-4-9-15-23)24-16-10-5-11-17-24/h3-17,25H,2,18-21H2,1H3/t25-,28-/m1/s1. The van der Waals surface area contributed by atoms with Gasteiger partial charge >= 0.3 is 5.97 Å². The second-order valence-corrected chi connectivity index (χ2v) is 9.74. The van der Waals surface area contributed by atoms with Crippen molar-refractivity contribution in [2.45, 2.75) is 43.6 Å². The number of hydrogen-bond acceptors (Lipinski definition) is 4. The molecule has 4 rings (SSSR count). The minimum Gasteiger partial charge on any atom is -0.460 e. The van der Waals surface area contributed by atoms with E-state index in [-0.39, 0.29) is 12.0 Å². The molecule has 1 fully saturated rings. The van der Waals surface area contributed by atoms with Gasteiger partial charge in [0.15, 0.2) is 0 Å². The van der Waals surface area contributed by atoms with Crippen molar-refractivity contribution >= 4 is 23.4 Å². The molecule has 0 aromatic heterocycles. The van der Waals surface area contributed by atoms with Crippen LogP contribution >= 0.6 is 11.8 Å². The Morgan fingerprint density at radius 2 is 1.50 bits per heavy atom. The van der Waals surface area contributed by atoms with Gasteiger partial charge < -0.3 is 4.74 Å². The highest BCUT2D eigenvalue weighted by Crippen LogP contribution is 2.44. The zero-order valence-corrected chi connectivity index (χ0v) is 19.3. The maximum absolute atomic E-state index is 13.2. The van der Waals surface area contributed by atoms with Gasteiger partial charge in [-0.25, -0.2) is 0 Å². The fourth-order valence-electron chi connectivity index (χ4n) is 4.29. The Hall–Kier alpha value is -2.85. The lowest BCUT2D eigenvalue weighted by atomic mass is 10.0. The van der Waals surface area contributed by atoms with Crippen LogP contribution in [-0.4, -0.2) is 28.2 Å². The highest BCUT2D eigenvalue weighted by molar-refractivity contribution is 8.01. The van der Waals surface area contributed by atoms with Crippen LogP contribution in [0, 0.1) is 0 Å². The molecule has 0 heterocycles. The number of aliphatic imine (C=N–C) groups is 1. The molecular weight excluding hydrogens is 414 g/mol. The molecule has 0 bridgehead atoms. The summed E-state index contributed by atoms with van der Waals surface area (Å²) < 4.78 is 5.26. The predicted octanol–water partition coefficient (Wildman–Crippen LogP) is 6.31. The molecule has 1 saturated carbocycles. The first-order valence-electron chi connectivity index (χ1n) is 11.2. The van der Waals surface area contributed by atoms with Crippen LogP contribution in [0.1, 0.15) is 42.9 Å². The van der Waals surface area contributed by atoms with E-state index in [1.165, 1.54) is 0 Å². The van der Waals surface area contributed by atoms with E-state index >= 15 is 0 Å². The number of esters is 1. The molecule has 0 N–H and O–H groups in total. The first-order valence-corrected chi connectivity index (χ1v) is 12.2. The minimum absolute atomic E-state index is 0.0914. The second-order valence-electron chi connectivity index (χ2n) is 8.10. The van der Waals surface area contributed by atoms with Gasteiger partial charge in [-0.3, -0.25) is 9.79 Å². The predicted molar refractivity (Wildman–Crippen MR) is 133 cm³/mol. The first kappa shape index (κ1) is 22.3. The van der Waals surface area contributed by atoms with E-state index < -0.39 is 4.75 Å². The van der Waals surface area contributed by atoms with Crippen molar-refractivity contribution in [3.05, 3.63) is 108 Å². The van der Waals surface area contributed by atoms with Crippen molar-refractivity contribution in [2.75, 3.05) is 5.75 Å². The van der Waals surface area contributed by atoms with E-state index in [1.54, 1.807) is 11.8 Å². The number of carbonyl (C=O) groups is 1. The Bertz CT molecular complexity index is 995. The Morgan fingerprint density at radius 3 is 2.06 bits per heavy atom. The maximum Gasteiger partial charge on any atom is 0.322 e. The molecule has 3 aromatic rings. The molecule has 0 amide bonds. The Morgan fingerprint density at radius 1 is 0.938 bits per heavy atom. The van der Waals surface area contributed by atoms with Crippen LogP contribution < -0.4 is 0 Å². The number of carbonyl (C=O) groups excluding carboxylic acids is 1. The molecule has 0 spiro atoms. The Labute approximate surface area is 194 Å². The third kappa shape index (κ3) is 5.31. The molecule has 164 valence electrons. The highest BCUT2D eigenvalue weighted by atomic mass is 32.2. The number of thioether (sulfide) groups is 1. The van der Waals surface area contributed by atoms with E-state index in [9.17, 15) is 4.79 Å². The van der Waals surface area contributed by atoms with Gasteiger partial charge in [0.2, 0.25) is 0 Å². The molecule has 1 aliphatic carbocycles. The minimum atomic E-state index is -0.518. The van der Waals surface area contributed by atoms with Crippen molar-refractivity contribution in [1.82, 2.24) is 0 Å². The molecule has 0 unspecified atom stereocenters. The third-order valence-corrected chi connectivity index (χ3v) is 7.24. The van der Waals surface area contributed by atoms with Gasteiger partial charge in [0.25, 0.3) is 0 Å². The summed E-state index contributed by atoms with van der Waals surface area (Å²) in [5.74, 6) is 0.771. The summed E-state index contributed by atoms with van der Waals surface area (Å²) in [5.41, 5.74) is 4.21. The van der Waals surface area contributed by atoms with Crippen molar-refractivity contribution in [3.8, 4) is 0 Å². The molecule has 0 aliphatic heterocycles. The first-order chi connectivity index (χ1) is 15.7. The normalized spacial score (nSPS) is 20.0. The van der Waals surface area contributed by atoms with Crippen molar-refractivity contribution in [2.24, 2.45) is 4.99 Å². The zero-order valence-electron chi connectivity index (χ0n) is 18.4. The quantitative estimate of drug-likeness (QED) is 0.302. The smallest absolute Gasteiger partial charge is 0.322 e. The number of nitrogens with zero attached hydrogens (tertiary/aromatic N) is 1. The second kappa shape index (κ2) is 10.6. The van der Waals surface area contributed by atoms with E-state index in [4.69, 9.17) is 9.73 Å². The van der Waals surface area contributed by atoms with Gasteiger partial charge in [-0.15, -0.1) is 11.8 Å². The van der Waals surface area contributed by atoms with Crippen LogP contribution in [-0.2, 0) is 16.1 Å². The van der Waals surface area contributed by atoms with E-state index in [1.807, 2.05) is 66.7 Å². The fraction of sp³-hybridized carbons (Fsp3) is 0.286. The number of ether oxygens (including phenoxy) is 1. The molecule has 3 nitrogen and oxygen atoms in total. The SMILES string of the molecule is CCS[C@]1(C(=O)OCc2ccccc2)CC[C@@H](N=C(c2ccccc2)c2ccccc2)C1. The number of hydrogen-bond donors (Lipinski definition) is 0. The fourth-order valence-corrected chi connectivity index (χ4v) is 5.59. The van der Waals surface area contributed by atoms with E-state index in [0.717, 1.165) is 41.0 Å². The summed E-state index contributed by atoms with van der Waals surface area (Å²) in [7, 11) is 0. The monoisotopic (exact) mass is 443 g/mol. The molecule has 3 aromatic carbocycles. The van der Waals surface area contributed by atoms with Crippen LogP contribution in [0.3, 0.4) is 0 Å². The molecular formula is C28H29NO2S. The van der Waals surface area contributed by atoms with Crippen molar-refractivity contribution < 1.29 is 9.53 Å². The van der Waals surface area contributed by atoms with Gasteiger partial charge in [-0.05, 0) is 30.6 Å². The summed E-state index contributed by atoms with van der Waals surface area (Å²) in [6, 6.07) is 30.6. The Balaban J connectivity index is 1.55. The lowest BCUT2D eigenvalue weighted by Crippen LogP contribution is -2.35. The Kier molecular flexibility index (Phi) is 7.43. The summed E-state index contributed by atoms with van der Waals surface area (Å²) in [6.07, 6.45) is 2.39. The van der Waals surface area contributed by atoms with E-state index in [2.05, 4.69) is 31.2 Å². The zero-order chi connectivity index (χ0) is 22.2. The largest absolute Gasteiger partial charge is 0.460 e. The highest BCUT2D eigenvalue weighted by Gasteiger charge is 2.47. The molecule has 0 saturated heterocycles. The summed E-state index contributed by atoms with van der Waals surface area (Å²) in [4.78, 5) is 18.4. The lowest BCUT2D eigenvalue weighted by Gasteiger charge is -2.26. The van der Waals surface area contributed by atoms with Gasteiger partial charge in [-0.2, -0.15) is 0 Å². The van der Waals surface area contributed by atoms with Crippen LogP contribution in [0.5, 0.6) is 0 Å². The molecule has 2 atom stereocenters. The molecule has 1 aliphatic rings. The van der Waals surface area contributed by atoms with E-state index in [0.29, 0.717) is 13.0 Å². The summed E-state index contributed by atoms with van der Waals surface area (Å²) in [6.45, 7) is 2.42. The van der Waals surface area contributed by atoms with Crippen LogP contribution in [0.25, 0.3) is 0 Å².